The van der Waals surface area contributed by atoms with Gasteiger partial charge in [0.2, 0.25) is 5.91 Å². The molecule has 2 N–H and O–H groups in total. The summed E-state index contributed by atoms with van der Waals surface area (Å²) in [6.07, 6.45) is 5.67. The zero-order chi connectivity index (χ0) is 15.4. The average molecular weight is 299 g/mol. The molecule has 1 aromatic carbocycles. The molecule has 114 valence electrons. The molecular formula is C15H17N5O2. The molecule has 0 saturated carbocycles. The first-order valence-corrected chi connectivity index (χ1v) is 7.28. The van der Waals surface area contributed by atoms with Crippen molar-refractivity contribution in [1.29, 1.82) is 0 Å². The molecule has 0 radical (unpaired) electrons. The quantitative estimate of drug-likeness (QED) is 0.871. The molecular weight excluding hydrogens is 282 g/mol. The highest BCUT2D eigenvalue weighted by Gasteiger charge is 2.22. The largest absolute Gasteiger partial charge is 0.354 e. The molecule has 1 aliphatic heterocycles. The van der Waals surface area contributed by atoms with Gasteiger partial charge in [0.1, 0.15) is 18.7 Å². The van der Waals surface area contributed by atoms with E-state index in [1.807, 2.05) is 6.07 Å². The van der Waals surface area contributed by atoms with E-state index in [1.165, 1.54) is 0 Å². The maximum Gasteiger partial charge on any atom is 0.252 e. The summed E-state index contributed by atoms with van der Waals surface area (Å²) in [5.74, 6) is -0.363. The fourth-order valence-corrected chi connectivity index (χ4v) is 2.46. The van der Waals surface area contributed by atoms with E-state index in [0.29, 0.717) is 18.5 Å². The van der Waals surface area contributed by atoms with Crippen LogP contribution in [0.3, 0.4) is 0 Å². The summed E-state index contributed by atoms with van der Waals surface area (Å²) in [5.41, 5.74) is 1.30. The summed E-state index contributed by atoms with van der Waals surface area (Å²) in [6.45, 7) is 0.675. The third-order valence-electron chi connectivity index (χ3n) is 3.67. The van der Waals surface area contributed by atoms with Crippen molar-refractivity contribution in [2.45, 2.75) is 25.3 Å². The molecule has 1 fully saturated rings. The van der Waals surface area contributed by atoms with Crippen LogP contribution in [-0.2, 0) is 4.79 Å². The summed E-state index contributed by atoms with van der Waals surface area (Å²) < 4.78 is 1.72. The topological polar surface area (TPSA) is 88.9 Å². The van der Waals surface area contributed by atoms with Gasteiger partial charge in [0.25, 0.3) is 5.91 Å². The molecule has 0 bridgehead atoms. The molecule has 0 aliphatic carbocycles. The van der Waals surface area contributed by atoms with Gasteiger partial charge in [0.05, 0.1) is 0 Å². The number of hydrogen-bond donors (Lipinski definition) is 2. The first kappa shape index (κ1) is 14.2. The van der Waals surface area contributed by atoms with Gasteiger partial charge in [0.15, 0.2) is 0 Å². The minimum absolute atomic E-state index is 0.110. The van der Waals surface area contributed by atoms with E-state index in [1.54, 1.807) is 35.4 Å². The number of hydrogen-bond acceptors (Lipinski definition) is 4. The third kappa shape index (κ3) is 3.13. The fourth-order valence-electron chi connectivity index (χ4n) is 2.46. The first-order valence-electron chi connectivity index (χ1n) is 7.28. The molecule has 3 rings (SSSR count). The number of amides is 2. The van der Waals surface area contributed by atoms with Crippen molar-refractivity contribution in [1.82, 2.24) is 25.4 Å². The highest BCUT2D eigenvalue weighted by molar-refractivity contribution is 5.98. The first-order chi connectivity index (χ1) is 10.7. The number of nitrogens with zero attached hydrogens (tertiary/aromatic N) is 3. The summed E-state index contributed by atoms with van der Waals surface area (Å²) in [5, 5.41) is 13.1. The summed E-state index contributed by atoms with van der Waals surface area (Å²) in [6, 6.07) is 6.65. The SMILES string of the molecule is O=C(NC1CCCCNC1=O)c1cccc(-n2cnnc2)c1. The normalized spacial score (nSPS) is 18.4. The molecule has 1 unspecified atom stereocenters. The standard InChI is InChI=1S/C15H17N5O2/c21-14(19-13-6-1-2-7-16-15(13)22)11-4-3-5-12(8-11)20-9-17-18-10-20/h3-5,8-10,13H,1-2,6-7H2,(H,16,22)(H,19,21). The van der Waals surface area contributed by atoms with Gasteiger partial charge < -0.3 is 10.6 Å². The van der Waals surface area contributed by atoms with Crippen LogP contribution >= 0.6 is 0 Å². The van der Waals surface area contributed by atoms with Crippen LogP contribution in [0.1, 0.15) is 29.6 Å². The second-order valence-electron chi connectivity index (χ2n) is 5.23. The molecule has 1 aromatic heterocycles. The zero-order valence-electron chi connectivity index (χ0n) is 12.0. The lowest BCUT2D eigenvalue weighted by Crippen LogP contribution is -2.45. The molecule has 7 heteroatoms. The van der Waals surface area contributed by atoms with E-state index in [2.05, 4.69) is 20.8 Å². The molecule has 2 aromatic rings. The molecule has 7 nitrogen and oxygen atoms in total. The second kappa shape index (κ2) is 6.38. The zero-order valence-corrected chi connectivity index (χ0v) is 12.0. The Hall–Kier alpha value is -2.70. The summed E-state index contributed by atoms with van der Waals surface area (Å²) in [7, 11) is 0. The molecule has 2 amide bonds. The Balaban J connectivity index is 1.74. The smallest absolute Gasteiger partial charge is 0.252 e. The molecule has 1 aliphatic rings. The monoisotopic (exact) mass is 299 g/mol. The lowest BCUT2D eigenvalue weighted by atomic mass is 10.1. The van der Waals surface area contributed by atoms with E-state index in [4.69, 9.17) is 0 Å². The van der Waals surface area contributed by atoms with Gasteiger partial charge in [0, 0.05) is 17.8 Å². The van der Waals surface area contributed by atoms with Gasteiger partial charge >= 0.3 is 0 Å². The fraction of sp³-hybridized carbons (Fsp3) is 0.333. The van der Waals surface area contributed by atoms with Crippen LogP contribution in [0, 0.1) is 0 Å². The van der Waals surface area contributed by atoms with Gasteiger partial charge in [-0.15, -0.1) is 10.2 Å². The molecule has 1 saturated heterocycles. The Morgan fingerprint density at radius 1 is 1.27 bits per heavy atom. The van der Waals surface area contributed by atoms with Gasteiger partial charge in [-0.1, -0.05) is 6.07 Å². The molecule has 2 heterocycles. The van der Waals surface area contributed by atoms with E-state index in [0.717, 1.165) is 18.5 Å². The molecule has 0 spiro atoms. The van der Waals surface area contributed by atoms with Crippen LogP contribution in [0.4, 0.5) is 0 Å². The Bertz CT molecular complexity index is 668. The number of rotatable bonds is 3. The van der Waals surface area contributed by atoms with Crippen molar-refractivity contribution < 1.29 is 9.59 Å². The third-order valence-corrected chi connectivity index (χ3v) is 3.67. The molecule has 22 heavy (non-hydrogen) atoms. The van der Waals surface area contributed by atoms with Crippen LogP contribution in [-0.4, -0.2) is 39.2 Å². The lowest BCUT2D eigenvalue weighted by Gasteiger charge is -2.15. The lowest BCUT2D eigenvalue weighted by molar-refractivity contribution is -0.122. The van der Waals surface area contributed by atoms with Gasteiger partial charge in [-0.3, -0.25) is 14.2 Å². The van der Waals surface area contributed by atoms with Crippen LogP contribution in [0.2, 0.25) is 0 Å². The van der Waals surface area contributed by atoms with Gasteiger partial charge in [-0.05, 0) is 37.5 Å². The van der Waals surface area contributed by atoms with Crippen molar-refractivity contribution in [3.63, 3.8) is 0 Å². The van der Waals surface area contributed by atoms with Crippen LogP contribution in [0.5, 0.6) is 0 Å². The van der Waals surface area contributed by atoms with E-state index in [9.17, 15) is 9.59 Å². The Labute approximate surface area is 127 Å². The van der Waals surface area contributed by atoms with E-state index < -0.39 is 6.04 Å². The Kier molecular flexibility index (Phi) is 4.13. The summed E-state index contributed by atoms with van der Waals surface area (Å²) >= 11 is 0. The second-order valence-corrected chi connectivity index (χ2v) is 5.23. The number of nitrogens with one attached hydrogen (secondary N) is 2. The van der Waals surface area contributed by atoms with Crippen LogP contribution in [0.15, 0.2) is 36.9 Å². The predicted molar refractivity (Wildman–Crippen MR) is 79.5 cm³/mol. The Morgan fingerprint density at radius 3 is 2.91 bits per heavy atom. The highest BCUT2D eigenvalue weighted by Crippen LogP contribution is 2.11. The Morgan fingerprint density at radius 2 is 2.09 bits per heavy atom. The minimum Gasteiger partial charge on any atom is -0.354 e. The van der Waals surface area contributed by atoms with Crippen molar-refractivity contribution in [2.75, 3.05) is 6.54 Å². The number of benzene rings is 1. The van der Waals surface area contributed by atoms with Crippen LogP contribution in [0.25, 0.3) is 5.69 Å². The molecule has 1 atom stereocenters. The maximum atomic E-state index is 12.4. The van der Waals surface area contributed by atoms with E-state index in [-0.39, 0.29) is 11.8 Å². The number of carbonyl (C=O) groups excluding carboxylic acids is 2. The maximum absolute atomic E-state index is 12.4. The van der Waals surface area contributed by atoms with E-state index >= 15 is 0 Å². The number of aromatic nitrogens is 3. The minimum atomic E-state index is -0.464. The van der Waals surface area contributed by atoms with Crippen molar-refractivity contribution in [2.24, 2.45) is 0 Å². The summed E-state index contributed by atoms with van der Waals surface area (Å²) in [4.78, 5) is 24.2. The van der Waals surface area contributed by atoms with Crippen LogP contribution < -0.4 is 10.6 Å². The van der Waals surface area contributed by atoms with Crippen molar-refractivity contribution in [3.05, 3.63) is 42.5 Å². The number of carbonyl (C=O) groups is 2. The van der Waals surface area contributed by atoms with Gasteiger partial charge in [-0.2, -0.15) is 0 Å². The highest BCUT2D eigenvalue weighted by atomic mass is 16.2. The van der Waals surface area contributed by atoms with Crippen molar-refractivity contribution >= 4 is 11.8 Å². The average Bonchev–Trinajstić information content (AvgIpc) is 3.00. The van der Waals surface area contributed by atoms with Gasteiger partial charge in [-0.25, -0.2) is 0 Å². The predicted octanol–water partition coefficient (Wildman–Crippen LogP) is 0.666. The van der Waals surface area contributed by atoms with Crippen molar-refractivity contribution in [3.8, 4) is 5.69 Å².